The lowest BCUT2D eigenvalue weighted by atomic mass is 10.2. The number of anilines is 1. The molecule has 5 heteroatoms. The number of hydrogen-bond donors (Lipinski definition) is 2. The molecule has 0 radical (unpaired) electrons. The predicted octanol–water partition coefficient (Wildman–Crippen LogP) is 1.93. The van der Waals surface area contributed by atoms with Gasteiger partial charge in [-0.15, -0.1) is 0 Å². The van der Waals surface area contributed by atoms with Crippen LogP contribution in [0.15, 0.2) is 12.1 Å². The van der Waals surface area contributed by atoms with Crippen LogP contribution in [0.4, 0.5) is 10.1 Å². The van der Waals surface area contributed by atoms with Crippen molar-refractivity contribution in [2.45, 2.75) is 13.5 Å². The highest BCUT2D eigenvalue weighted by Crippen LogP contribution is 2.25. The summed E-state index contributed by atoms with van der Waals surface area (Å²) in [6.45, 7) is 0.769. The third-order valence-corrected chi connectivity index (χ3v) is 2.01. The molecular formula is C9H9ClFNO2. The molecule has 1 rings (SSSR count). The number of carbonyl (C=O) groups is 1. The Bertz CT molecular complexity index is 368. The number of aliphatic hydroxyl groups is 1. The van der Waals surface area contributed by atoms with E-state index in [4.69, 9.17) is 16.7 Å². The standard InChI is InChI=1S/C9H9ClFNO2/c1-5(14)12-8-3-2-7(10)6(4-13)9(8)11/h2-3,13H,4H2,1H3,(H,12,14). The zero-order valence-electron chi connectivity index (χ0n) is 7.47. The Labute approximate surface area is 85.5 Å². The van der Waals surface area contributed by atoms with Gasteiger partial charge in [-0.1, -0.05) is 11.6 Å². The number of rotatable bonds is 2. The van der Waals surface area contributed by atoms with Crippen LogP contribution in [-0.4, -0.2) is 11.0 Å². The maximum absolute atomic E-state index is 13.4. The van der Waals surface area contributed by atoms with Gasteiger partial charge in [-0.25, -0.2) is 4.39 Å². The molecule has 76 valence electrons. The highest BCUT2D eigenvalue weighted by molar-refractivity contribution is 6.31. The fourth-order valence-corrected chi connectivity index (χ4v) is 1.23. The van der Waals surface area contributed by atoms with Crippen LogP contribution in [-0.2, 0) is 11.4 Å². The van der Waals surface area contributed by atoms with Gasteiger partial charge < -0.3 is 10.4 Å². The molecular weight excluding hydrogens is 209 g/mol. The van der Waals surface area contributed by atoms with Crippen molar-refractivity contribution in [3.05, 3.63) is 28.5 Å². The van der Waals surface area contributed by atoms with Crippen LogP contribution in [0.25, 0.3) is 0 Å². The van der Waals surface area contributed by atoms with Crippen molar-refractivity contribution >= 4 is 23.2 Å². The number of nitrogens with one attached hydrogen (secondary N) is 1. The predicted molar refractivity (Wildman–Crippen MR) is 51.6 cm³/mol. The molecule has 0 unspecified atom stereocenters. The monoisotopic (exact) mass is 217 g/mol. The van der Waals surface area contributed by atoms with Gasteiger partial charge in [0.05, 0.1) is 12.3 Å². The van der Waals surface area contributed by atoms with E-state index in [1.807, 2.05) is 0 Å². The fraction of sp³-hybridized carbons (Fsp3) is 0.222. The molecule has 0 atom stereocenters. The number of amides is 1. The van der Waals surface area contributed by atoms with Crippen LogP contribution in [0, 0.1) is 5.82 Å². The Morgan fingerprint density at radius 2 is 2.29 bits per heavy atom. The summed E-state index contributed by atoms with van der Waals surface area (Å²) >= 11 is 5.63. The van der Waals surface area contributed by atoms with Gasteiger partial charge in [0, 0.05) is 17.5 Å². The summed E-state index contributed by atoms with van der Waals surface area (Å²) in [6, 6.07) is 2.76. The molecule has 0 aromatic heterocycles. The molecule has 0 bridgehead atoms. The highest BCUT2D eigenvalue weighted by Gasteiger charge is 2.11. The highest BCUT2D eigenvalue weighted by atomic mass is 35.5. The lowest BCUT2D eigenvalue weighted by molar-refractivity contribution is -0.114. The second-order valence-electron chi connectivity index (χ2n) is 2.73. The van der Waals surface area contributed by atoms with Crippen molar-refractivity contribution in [2.24, 2.45) is 0 Å². The quantitative estimate of drug-likeness (QED) is 0.795. The molecule has 0 saturated heterocycles. The Morgan fingerprint density at radius 3 is 2.79 bits per heavy atom. The second kappa shape index (κ2) is 4.39. The molecule has 0 fully saturated rings. The summed E-state index contributed by atoms with van der Waals surface area (Å²) in [4.78, 5) is 10.7. The molecule has 0 saturated carbocycles. The molecule has 0 aliphatic rings. The van der Waals surface area contributed by atoms with Crippen LogP contribution in [0.1, 0.15) is 12.5 Å². The number of halogens is 2. The summed E-state index contributed by atoms with van der Waals surface area (Å²) in [5.41, 5.74) is 0.00358. The normalized spacial score (nSPS) is 10.0. The Balaban J connectivity index is 3.14. The smallest absolute Gasteiger partial charge is 0.221 e. The molecule has 14 heavy (non-hydrogen) atoms. The summed E-state index contributed by atoms with van der Waals surface area (Å²) in [6.07, 6.45) is 0. The Hall–Kier alpha value is -1.13. The van der Waals surface area contributed by atoms with E-state index in [0.717, 1.165) is 0 Å². The van der Waals surface area contributed by atoms with Crippen LogP contribution in [0.2, 0.25) is 5.02 Å². The summed E-state index contributed by atoms with van der Waals surface area (Å²) in [5, 5.41) is 11.3. The van der Waals surface area contributed by atoms with E-state index in [-0.39, 0.29) is 22.2 Å². The van der Waals surface area contributed by atoms with Crippen LogP contribution >= 0.6 is 11.6 Å². The van der Waals surface area contributed by atoms with Gasteiger partial charge in [0.2, 0.25) is 5.91 Å². The van der Waals surface area contributed by atoms with E-state index in [0.29, 0.717) is 0 Å². The zero-order chi connectivity index (χ0) is 10.7. The van der Waals surface area contributed by atoms with Crippen LogP contribution < -0.4 is 5.32 Å². The fourth-order valence-electron chi connectivity index (χ4n) is 1.03. The first kappa shape index (κ1) is 10.9. The summed E-state index contributed by atoms with van der Waals surface area (Å²) in [7, 11) is 0. The van der Waals surface area contributed by atoms with E-state index in [1.165, 1.54) is 19.1 Å². The summed E-state index contributed by atoms with van der Waals surface area (Å²) in [5.74, 6) is -1.08. The topological polar surface area (TPSA) is 49.3 Å². The van der Waals surface area contributed by atoms with E-state index in [9.17, 15) is 9.18 Å². The van der Waals surface area contributed by atoms with Crippen molar-refractivity contribution in [2.75, 3.05) is 5.32 Å². The average Bonchev–Trinajstić information content (AvgIpc) is 2.10. The maximum atomic E-state index is 13.4. The van der Waals surface area contributed by atoms with Crippen molar-refractivity contribution < 1.29 is 14.3 Å². The van der Waals surface area contributed by atoms with Crippen LogP contribution in [0.5, 0.6) is 0 Å². The van der Waals surface area contributed by atoms with Crippen molar-refractivity contribution in [1.29, 1.82) is 0 Å². The van der Waals surface area contributed by atoms with E-state index >= 15 is 0 Å². The average molecular weight is 218 g/mol. The zero-order valence-corrected chi connectivity index (χ0v) is 8.23. The van der Waals surface area contributed by atoms with Gasteiger partial charge >= 0.3 is 0 Å². The number of benzene rings is 1. The molecule has 1 aromatic rings. The van der Waals surface area contributed by atoms with E-state index in [2.05, 4.69) is 5.32 Å². The van der Waals surface area contributed by atoms with Gasteiger partial charge in [0.1, 0.15) is 0 Å². The molecule has 3 nitrogen and oxygen atoms in total. The summed E-state index contributed by atoms with van der Waals surface area (Å²) < 4.78 is 13.4. The first-order chi connectivity index (χ1) is 6.56. The molecule has 0 aliphatic heterocycles. The third-order valence-electron chi connectivity index (χ3n) is 1.65. The minimum Gasteiger partial charge on any atom is -0.392 e. The van der Waals surface area contributed by atoms with Gasteiger partial charge in [-0.3, -0.25) is 4.79 Å². The molecule has 0 aliphatic carbocycles. The molecule has 0 heterocycles. The maximum Gasteiger partial charge on any atom is 0.221 e. The van der Waals surface area contributed by atoms with E-state index < -0.39 is 12.4 Å². The van der Waals surface area contributed by atoms with Crippen molar-refractivity contribution in [1.82, 2.24) is 0 Å². The van der Waals surface area contributed by atoms with Crippen molar-refractivity contribution in [3.63, 3.8) is 0 Å². The van der Waals surface area contributed by atoms with Gasteiger partial charge in [0.25, 0.3) is 0 Å². The lowest BCUT2D eigenvalue weighted by Gasteiger charge is -2.08. The molecule has 2 N–H and O–H groups in total. The van der Waals surface area contributed by atoms with Crippen LogP contribution in [0.3, 0.4) is 0 Å². The van der Waals surface area contributed by atoms with Crippen molar-refractivity contribution in [3.8, 4) is 0 Å². The Kier molecular flexibility index (Phi) is 3.43. The second-order valence-corrected chi connectivity index (χ2v) is 3.13. The SMILES string of the molecule is CC(=O)Nc1ccc(Cl)c(CO)c1F. The molecule has 0 spiro atoms. The van der Waals surface area contributed by atoms with Gasteiger partial charge in [0.15, 0.2) is 5.82 Å². The molecule has 1 aromatic carbocycles. The third kappa shape index (κ3) is 2.21. The lowest BCUT2D eigenvalue weighted by Crippen LogP contribution is -2.08. The first-order valence-corrected chi connectivity index (χ1v) is 4.29. The van der Waals surface area contributed by atoms with Gasteiger partial charge in [-0.2, -0.15) is 0 Å². The minimum atomic E-state index is -0.699. The molecule has 1 amide bonds. The number of carbonyl (C=O) groups excluding carboxylic acids is 1. The number of hydrogen-bond acceptors (Lipinski definition) is 2. The number of aliphatic hydroxyl groups excluding tert-OH is 1. The van der Waals surface area contributed by atoms with Gasteiger partial charge in [-0.05, 0) is 12.1 Å². The minimum absolute atomic E-state index is 0.0158. The first-order valence-electron chi connectivity index (χ1n) is 3.91. The Morgan fingerprint density at radius 1 is 1.64 bits per heavy atom. The largest absolute Gasteiger partial charge is 0.392 e. The van der Waals surface area contributed by atoms with E-state index in [1.54, 1.807) is 0 Å².